The van der Waals surface area contributed by atoms with Crippen molar-refractivity contribution in [1.82, 2.24) is 10.3 Å². The number of nitrogen functional groups attached to an aromatic ring is 1. The van der Waals surface area contributed by atoms with E-state index >= 15 is 0 Å². The van der Waals surface area contributed by atoms with Gasteiger partial charge < -0.3 is 11.1 Å². The molecule has 3 N–H and O–H groups in total. The van der Waals surface area contributed by atoms with E-state index in [0.29, 0.717) is 11.4 Å². The molecule has 0 fully saturated rings. The van der Waals surface area contributed by atoms with Crippen molar-refractivity contribution in [2.24, 2.45) is 0 Å². The average Bonchev–Trinajstić information content (AvgIpc) is 2.29. The predicted molar refractivity (Wildman–Crippen MR) is 69.7 cm³/mol. The first-order valence-electron chi connectivity index (χ1n) is 6.16. The molecule has 0 spiro atoms. The van der Waals surface area contributed by atoms with Crippen LogP contribution in [-0.2, 0) is 0 Å². The Kier molecular flexibility index (Phi) is 5.46. The second kappa shape index (κ2) is 6.89. The molecule has 4 nitrogen and oxygen atoms in total. The summed E-state index contributed by atoms with van der Waals surface area (Å²) in [6.45, 7) is 4.17. The molecule has 1 unspecified atom stereocenters. The van der Waals surface area contributed by atoms with Gasteiger partial charge in [-0.25, -0.2) is 4.98 Å². The highest BCUT2D eigenvalue weighted by molar-refractivity contribution is 5.97. The highest BCUT2D eigenvalue weighted by atomic mass is 16.1. The molecule has 17 heavy (non-hydrogen) atoms. The van der Waals surface area contributed by atoms with Crippen LogP contribution < -0.4 is 11.1 Å². The Bertz CT molecular complexity index is 365. The largest absolute Gasteiger partial charge is 0.397 e. The molecule has 1 rings (SSSR count). The molecule has 0 saturated heterocycles. The third kappa shape index (κ3) is 4.43. The standard InChI is InChI=1S/C13H21N3O/c1-3-4-5-7-10(2)16-13(17)12-11(14)8-6-9-15-12/h6,8-10H,3-5,7,14H2,1-2H3,(H,16,17). The Hall–Kier alpha value is -1.58. The number of nitrogens with zero attached hydrogens (tertiary/aromatic N) is 1. The molecule has 4 heteroatoms. The van der Waals surface area contributed by atoms with Crippen molar-refractivity contribution in [3.8, 4) is 0 Å². The molecule has 1 heterocycles. The molecule has 1 amide bonds. The number of nitrogens with one attached hydrogen (secondary N) is 1. The third-order valence-electron chi connectivity index (χ3n) is 2.67. The van der Waals surface area contributed by atoms with Crippen LogP contribution >= 0.6 is 0 Å². The van der Waals surface area contributed by atoms with Crippen LogP contribution in [0.15, 0.2) is 18.3 Å². The summed E-state index contributed by atoms with van der Waals surface area (Å²) in [6.07, 6.45) is 6.09. The molecule has 0 radical (unpaired) electrons. The van der Waals surface area contributed by atoms with Crippen LogP contribution in [0.1, 0.15) is 50.0 Å². The maximum Gasteiger partial charge on any atom is 0.272 e. The van der Waals surface area contributed by atoms with E-state index < -0.39 is 0 Å². The number of hydrogen-bond donors (Lipinski definition) is 2. The summed E-state index contributed by atoms with van der Waals surface area (Å²) in [5.41, 5.74) is 6.43. The second-order valence-corrected chi connectivity index (χ2v) is 4.31. The number of hydrogen-bond acceptors (Lipinski definition) is 3. The van der Waals surface area contributed by atoms with Gasteiger partial charge >= 0.3 is 0 Å². The van der Waals surface area contributed by atoms with Gasteiger partial charge in [0.25, 0.3) is 5.91 Å². The van der Waals surface area contributed by atoms with E-state index in [-0.39, 0.29) is 11.9 Å². The third-order valence-corrected chi connectivity index (χ3v) is 2.67. The van der Waals surface area contributed by atoms with Gasteiger partial charge in [-0.15, -0.1) is 0 Å². The topological polar surface area (TPSA) is 68.0 Å². The maximum atomic E-state index is 11.9. The molecule has 0 saturated carbocycles. The van der Waals surface area contributed by atoms with E-state index in [9.17, 15) is 4.79 Å². The molecule has 0 aliphatic rings. The fourth-order valence-corrected chi connectivity index (χ4v) is 1.67. The number of pyridine rings is 1. The quantitative estimate of drug-likeness (QED) is 0.744. The number of aromatic nitrogens is 1. The molecule has 1 aromatic rings. The van der Waals surface area contributed by atoms with Crippen molar-refractivity contribution in [1.29, 1.82) is 0 Å². The van der Waals surface area contributed by atoms with Gasteiger partial charge in [-0.3, -0.25) is 4.79 Å². The van der Waals surface area contributed by atoms with Crippen molar-refractivity contribution in [2.75, 3.05) is 5.73 Å². The minimum atomic E-state index is -0.188. The van der Waals surface area contributed by atoms with Crippen LogP contribution in [0.25, 0.3) is 0 Å². The molecule has 1 aromatic heterocycles. The summed E-state index contributed by atoms with van der Waals surface area (Å²) in [4.78, 5) is 15.8. The number of carbonyl (C=O) groups is 1. The number of nitrogens with two attached hydrogens (primary N) is 1. The van der Waals surface area contributed by atoms with Crippen molar-refractivity contribution < 1.29 is 4.79 Å². The Labute approximate surface area is 103 Å². The van der Waals surface area contributed by atoms with Crippen LogP contribution in [0.4, 0.5) is 5.69 Å². The van der Waals surface area contributed by atoms with Gasteiger partial charge in [0.2, 0.25) is 0 Å². The van der Waals surface area contributed by atoms with E-state index in [4.69, 9.17) is 5.73 Å². The van der Waals surface area contributed by atoms with Gasteiger partial charge in [0, 0.05) is 12.2 Å². The Morgan fingerprint density at radius 3 is 2.94 bits per heavy atom. The summed E-state index contributed by atoms with van der Waals surface area (Å²) in [5, 5.41) is 2.91. The number of unbranched alkanes of at least 4 members (excludes halogenated alkanes) is 2. The normalized spacial score (nSPS) is 12.1. The van der Waals surface area contributed by atoms with Crippen LogP contribution in [0.2, 0.25) is 0 Å². The highest BCUT2D eigenvalue weighted by Crippen LogP contribution is 2.08. The number of amides is 1. The van der Waals surface area contributed by atoms with E-state index in [1.54, 1.807) is 18.3 Å². The first-order valence-corrected chi connectivity index (χ1v) is 6.16. The second-order valence-electron chi connectivity index (χ2n) is 4.31. The summed E-state index contributed by atoms with van der Waals surface area (Å²) in [6, 6.07) is 3.57. The minimum Gasteiger partial charge on any atom is -0.397 e. The van der Waals surface area contributed by atoms with Crippen molar-refractivity contribution >= 4 is 11.6 Å². The van der Waals surface area contributed by atoms with E-state index in [1.165, 1.54) is 12.8 Å². The lowest BCUT2D eigenvalue weighted by Crippen LogP contribution is -2.33. The van der Waals surface area contributed by atoms with Gasteiger partial charge in [0.15, 0.2) is 5.69 Å². The predicted octanol–water partition coefficient (Wildman–Crippen LogP) is 2.36. The molecule has 0 bridgehead atoms. The Balaban J connectivity index is 2.46. The van der Waals surface area contributed by atoms with E-state index in [0.717, 1.165) is 12.8 Å². The van der Waals surface area contributed by atoms with Crippen molar-refractivity contribution in [3.05, 3.63) is 24.0 Å². The average molecular weight is 235 g/mol. The molecule has 0 aromatic carbocycles. The van der Waals surface area contributed by atoms with Crippen molar-refractivity contribution in [3.63, 3.8) is 0 Å². The van der Waals surface area contributed by atoms with E-state index in [2.05, 4.69) is 17.2 Å². The number of carbonyl (C=O) groups excluding carboxylic acids is 1. The lowest BCUT2D eigenvalue weighted by atomic mass is 10.1. The Morgan fingerprint density at radius 1 is 1.53 bits per heavy atom. The summed E-state index contributed by atoms with van der Waals surface area (Å²) >= 11 is 0. The smallest absolute Gasteiger partial charge is 0.272 e. The number of anilines is 1. The van der Waals surface area contributed by atoms with Crippen LogP contribution in [0, 0.1) is 0 Å². The molecule has 0 aliphatic carbocycles. The fraction of sp³-hybridized carbons (Fsp3) is 0.538. The molecular formula is C13H21N3O. The SMILES string of the molecule is CCCCCC(C)NC(=O)c1ncccc1N. The minimum absolute atomic E-state index is 0.162. The number of rotatable bonds is 6. The van der Waals surface area contributed by atoms with Gasteiger partial charge in [-0.05, 0) is 25.5 Å². The van der Waals surface area contributed by atoms with Gasteiger partial charge in [-0.2, -0.15) is 0 Å². The van der Waals surface area contributed by atoms with Crippen molar-refractivity contribution in [2.45, 2.75) is 45.6 Å². The molecule has 94 valence electrons. The first kappa shape index (κ1) is 13.5. The lowest BCUT2D eigenvalue weighted by Gasteiger charge is -2.13. The zero-order valence-electron chi connectivity index (χ0n) is 10.6. The molecule has 1 atom stereocenters. The monoisotopic (exact) mass is 235 g/mol. The highest BCUT2D eigenvalue weighted by Gasteiger charge is 2.13. The van der Waals surface area contributed by atoms with Crippen LogP contribution in [0.3, 0.4) is 0 Å². The first-order chi connectivity index (χ1) is 8.15. The summed E-state index contributed by atoms with van der Waals surface area (Å²) < 4.78 is 0. The summed E-state index contributed by atoms with van der Waals surface area (Å²) in [5.74, 6) is -0.188. The Morgan fingerprint density at radius 2 is 2.29 bits per heavy atom. The molecular weight excluding hydrogens is 214 g/mol. The molecule has 0 aliphatic heterocycles. The van der Waals surface area contributed by atoms with Gasteiger partial charge in [-0.1, -0.05) is 26.2 Å². The lowest BCUT2D eigenvalue weighted by molar-refractivity contribution is 0.0934. The van der Waals surface area contributed by atoms with Gasteiger partial charge in [0.1, 0.15) is 0 Å². The van der Waals surface area contributed by atoms with Crippen LogP contribution in [-0.4, -0.2) is 16.9 Å². The van der Waals surface area contributed by atoms with Crippen LogP contribution in [0.5, 0.6) is 0 Å². The fourth-order valence-electron chi connectivity index (χ4n) is 1.67. The zero-order valence-corrected chi connectivity index (χ0v) is 10.6. The van der Waals surface area contributed by atoms with E-state index in [1.807, 2.05) is 6.92 Å². The zero-order chi connectivity index (χ0) is 12.7. The summed E-state index contributed by atoms with van der Waals surface area (Å²) in [7, 11) is 0. The maximum absolute atomic E-state index is 11.9. The van der Waals surface area contributed by atoms with Gasteiger partial charge in [0.05, 0.1) is 5.69 Å².